The average Bonchev–Trinajstić information content (AvgIpc) is 2.33. The molecule has 0 heterocycles. The highest BCUT2D eigenvalue weighted by molar-refractivity contribution is 5.84. The molecule has 19 heavy (non-hydrogen) atoms. The summed E-state index contributed by atoms with van der Waals surface area (Å²) in [4.78, 5) is 36.3. The van der Waals surface area contributed by atoms with Crippen molar-refractivity contribution in [3.8, 4) is 12.3 Å². The van der Waals surface area contributed by atoms with E-state index in [1.165, 1.54) is 12.0 Å². The van der Waals surface area contributed by atoms with Crippen LogP contribution in [0.3, 0.4) is 0 Å². The molecule has 0 aliphatic rings. The Morgan fingerprint density at radius 2 is 1.89 bits per heavy atom. The molecular formula is C12H18N2O5. The van der Waals surface area contributed by atoms with Gasteiger partial charge in [-0.3, -0.25) is 9.59 Å². The highest BCUT2D eigenvalue weighted by atomic mass is 16.5. The number of rotatable bonds is 6. The first-order valence-electron chi connectivity index (χ1n) is 5.61. The maximum Gasteiger partial charge on any atom is 0.325 e. The summed E-state index contributed by atoms with van der Waals surface area (Å²) < 4.78 is 4.49. The minimum atomic E-state index is -1.18. The van der Waals surface area contributed by atoms with Gasteiger partial charge in [0.2, 0.25) is 0 Å². The number of terminal acetylenes is 1. The van der Waals surface area contributed by atoms with Crippen molar-refractivity contribution in [2.75, 3.05) is 26.7 Å². The summed E-state index contributed by atoms with van der Waals surface area (Å²) >= 11 is 0. The van der Waals surface area contributed by atoms with Crippen LogP contribution in [0, 0.1) is 12.3 Å². The van der Waals surface area contributed by atoms with Crippen molar-refractivity contribution in [3.63, 3.8) is 0 Å². The maximum absolute atomic E-state index is 12.1. The van der Waals surface area contributed by atoms with Crippen molar-refractivity contribution >= 4 is 18.0 Å². The van der Waals surface area contributed by atoms with Crippen LogP contribution < -0.4 is 0 Å². The Labute approximate surface area is 112 Å². The minimum Gasteiger partial charge on any atom is -0.480 e. The summed E-state index contributed by atoms with van der Waals surface area (Å²) in [7, 11) is 1.21. The van der Waals surface area contributed by atoms with Gasteiger partial charge < -0.3 is 19.6 Å². The van der Waals surface area contributed by atoms with Gasteiger partial charge in [0.25, 0.3) is 0 Å². The molecule has 0 atom stereocenters. The number of esters is 1. The predicted octanol–water partition coefficient (Wildman–Crippen LogP) is 0.00960. The van der Waals surface area contributed by atoms with Gasteiger partial charge in [0.05, 0.1) is 13.7 Å². The molecule has 7 nitrogen and oxygen atoms in total. The molecule has 0 saturated heterocycles. The fraction of sp³-hybridized carbons (Fsp3) is 0.583. The lowest BCUT2D eigenvalue weighted by molar-refractivity contribution is -0.141. The number of amides is 2. The first-order valence-corrected chi connectivity index (χ1v) is 5.61. The topological polar surface area (TPSA) is 87.2 Å². The lowest BCUT2D eigenvalue weighted by Gasteiger charge is -2.30. The number of hydrogen-bond donors (Lipinski definition) is 1. The summed E-state index contributed by atoms with van der Waals surface area (Å²) in [6, 6.07) is -0.901. The summed E-state index contributed by atoms with van der Waals surface area (Å²) in [6.07, 6.45) is 5.10. The fourth-order valence-corrected chi connectivity index (χ4v) is 1.32. The Morgan fingerprint density at radius 1 is 1.32 bits per heavy atom. The minimum absolute atomic E-state index is 0.143. The third kappa shape index (κ3) is 5.77. The molecule has 0 aliphatic carbocycles. The van der Waals surface area contributed by atoms with E-state index in [1.54, 1.807) is 13.8 Å². The molecule has 1 N–H and O–H groups in total. The van der Waals surface area contributed by atoms with Gasteiger partial charge >= 0.3 is 18.0 Å². The van der Waals surface area contributed by atoms with Gasteiger partial charge in [0.1, 0.15) is 13.1 Å². The zero-order chi connectivity index (χ0) is 15.0. The molecule has 0 spiro atoms. The van der Waals surface area contributed by atoms with E-state index < -0.39 is 24.5 Å². The molecule has 0 aromatic rings. The van der Waals surface area contributed by atoms with Gasteiger partial charge in [-0.2, -0.15) is 0 Å². The number of nitrogens with zero attached hydrogens (tertiary/aromatic N) is 2. The largest absolute Gasteiger partial charge is 0.480 e. The van der Waals surface area contributed by atoms with Crippen molar-refractivity contribution in [2.24, 2.45) is 0 Å². The Balaban J connectivity index is 4.97. The van der Waals surface area contributed by atoms with Crippen LogP contribution in [-0.4, -0.2) is 65.7 Å². The number of carboxylic acids is 1. The van der Waals surface area contributed by atoms with E-state index in [9.17, 15) is 14.4 Å². The van der Waals surface area contributed by atoms with Gasteiger partial charge in [-0.25, -0.2) is 4.79 Å². The van der Waals surface area contributed by atoms with E-state index in [0.717, 1.165) is 4.90 Å². The highest BCUT2D eigenvalue weighted by Crippen LogP contribution is 2.05. The van der Waals surface area contributed by atoms with Gasteiger partial charge in [-0.15, -0.1) is 6.42 Å². The van der Waals surface area contributed by atoms with Crippen LogP contribution in [0.5, 0.6) is 0 Å². The average molecular weight is 270 g/mol. The maximum atomic E-state index is 12.1. The second kappa shape index (κ2) is 7.97. The van der Waals surface area contributed by atoms with E-state index in [-0.39, 0.29) is 19.1 Å². The molecule has 0 aromatic carbocycles. The molecule has 0 radical (unpaired) electrons. The number of aliphatic carboxylic acids is 1. The molecule has 0 aliphatic heterocycles. The quantitative estimate of drug-likeness (QED) is 0.542. The standard InChI is InChI=1S/C12H18N2O5/c1-5-6-13(7-10(15)16)12(18)14(9(2)3)8-11(17)19-4/h1,9H,6-8H2,2-4H3,(H,15,16). The van der Waals surface area contributed by atoms with Crippen LogP contribution in [0.15, 0.2) is 0 Å². The number of carbonyl (C=O) groups is 3. The first-order chi connectivity index (χ1) is 8.83. The molecule has 0 aromatic heterocycles. The SMILES string of the molecule is C#CCN(CC(=O)O)C(=O)N(CC(=O)OC)C(C)C. The van der Waals surface area contributed by atoms with Crippen LogP contribution in [0.2, 0.25) is 0 Å². The van der Waals surface area contributed by atoms with E-state index in [1.807, 2.05) is 0 Å². The van der Waals surface area contributed by atoms with Gasteiger partial charge in [0, 0.05) is 6.04 Å². The van der Waals surface area contributed by atoms with Crippen molar-refractivity contribution in [1.82, 2.24) is 9.80 Å². The number of carbonyl (C=O) groups excluding carboxylic acids is 2. The highest BCUT2D eigenvalue weighted by Gasteiger charge is 2.26. The van der Waals surface area contributed by atoms with Crippen LogP contribution in [0.4, 0.5) is 4.79 Å². The Bertz CT molecular complexity index is 386. The zero-order valence-electron chi connectivity index (χ0n) is 11.3. The van der Waals surface area contributed by atoms with Crippen molar-refractivity contribution < 1.29 is 24.2 Å². The van der Waals surface area contributed by atoms with E-state index in [2.05, 4.69) is 10.7 Å². The molecule has 0 bridgehead atoms. The predicted molar refractivity (Wildman–Crippen MR) is 67.3 cm³/mol. The summed E-state index contributed by atoms with van der Waals surface area (Å²) in [6.45, 7) is 2.49. The van der Waals surface area contributed by atoms with Crippen LogP contribution >= 0.6 is 0 Å². The first kappa shape index (κ1) is 16.8. The third-order valence-electron chi connectivity index (χ3n) is 2.27. The van der Waals surface area contributed by atoms with Crippen molar-refractivity contribution in [1.29, 1.82) is 0 Å². The number of hydrogen-bond acceptors (Lipinski definition) is 4. The summed E-state index contributed by atoms with van der Waals surface area (Å²) in [5.41, 5.74) is 0. The lowest BCUT2D eigenvalue weighted by Crippen LogP contribution is -2.50. The second-order valence-electron chi connectivity index (χ2n) is 4.03. The van der Waals surface area contributed by atoms with Gasteiger partial charge in [-0.1, -0.05) is 5.92 Å². The Hall–Kier alpha value is -2.23. The Kier molecular flexibility index (Phi) is 7.04. The second-order valence-corrected chi connectivity index (χ2v) is 4.03. The van der Waals surface area contributed by atoms with Crippen LogP contribution in [-0.2, 0) is 14.3 Å². The smallest absolute Gasteiger partial charge is 0.325 e. The van der Waals surface area contributed by atoms with Gasteiger partial charge in [0.15, 0.2) is 0 Å². The lowest BCUT2D eigenvalue weighted by atomic mass is 10.3. The number of carboxylic acid groups (broad SMARTS) is 1. The fourth-order valence-electron chi connectivity index (χ4n) is 1.32. The molecule has 0 fully saturated rings. The van der Waals surface area contributed by atoms with Crippen LogP contribution in [0.1, 0.15) is 13.8 Å². The monoisotopic (exact) mass is 270 g/mol. The van der Waals surface area contributed by atoms with Crippen molar-refractivity contribution in [3.05, 3.63) is 0 Å². The molecule has 0 saturated carbocycles. The van der Waals surface area contributed by atoms with E-state index in [4.69, 9.17) is 11.5 Å². The zero-order valence-corrected chi connectivity index (χ0v) is 11.3. The molecule has 7 heteroatoms. The van der Waals surface area contributed by atoms with Gasteiger partial charge in [-0.05, 0) is 13.8 Å². The third-order valence-corrected chi connectivity index (χ3v) is 2.27. The van der Waals surface area contributed by atoms with Crippen LogP contribution in [0.25, 0.3) is 0 Å². The summed E-state index contributed by atoms with van der Waals surface area (Å²) in [5.74, 6) is 0.453. The summed E-state index contributed by atoms with van der Waals surface area (Å²) in [5, 5.41) is 8.74. The van der Waals surface area contributed by atoms with Crippen molar-refractivity contribution in [2.45, 2.75) is 19.9 Å². The van der Waals surface area contributed by atoms with E-state index >= 15 is 0 Å². The normalized spacial score (nSPS) is 9.63. The van der Waals surface area contributed by atoms with E-state index in [0.29, 0.717) is 0 Å². The Morgan fingerprint density at radius 3 is 2.26 bits per heavy atom. The molecule has 0 unspecified atom stereocenters. The molecule has 106 valence electrons. The molecule has 0 rings (SSSR count). The molecular weight excluding hydrogens is 252 g/mol. The number of ether oxygens (including phenoxy) is 1. The molecule has 2 amide bonds. The number of methoxy groups -OCH3 is 1. The number of urea groups is 1.